The lowest BCUT2D eigenvalue weighted by Crippen LogP contribution is -2.28. The molecule has 2 rings (SSSR count). The summed E-state index contributed by atoms with van der Waals surface area (Å²) in [4.78, 5) is 16.2. The molecule has 0 aliphatic carbocycles. The van der Waals surface area contributed by atoms with Gasteiger partial charge in [-0.1, -0.05) is 42.5 Å². The minimum Gasteiger partial charge on any atom is -0.345 e. The van der Waals surface area contributed by atoms with E-state index in [9.17, 15) is 10.1 Å². The van der Waals surface area contributed by atoms with E-state index >= 15 is 0 Å². The molecule has 1 N–H and O–H groups in total. The molecule has 108 valence electrons. The molecule has 0 bridgehead atoms. The van der Waals surface area contributed by atoms with E-state index in [1.54, 1.807) is 24.6 Å². The monoisotopic (exact) mass is 289 g/mol. The van der Waals surface area contributed by atoms with Gasteiger partial charge < -0.3 is 5.32 Å². The molecule has 1 aliphatic heterocycles. The maximum atomic E-state index is 12.2. The highest BCUT2D eigenvalue weighted by Gasteiger charge is 2.18. The molecule has 22 heavy (non-hydrogen) atoms. The fourth-order valence-corrected chi connectivity index (χ4v) is 2.15. The molecule has 1 heterocycles. The van der Waals surface area contributed by atoms with Gasteiger partial charge >= 0.3 is 0 Å². The van der Waals surface area contributed by atoms with E-state index in [4.69, 9.17) is 7.85 Å². The van der Waals surface area contributed by atoms with Crippen LogP contribution >= 0.6 is 0 Å². The number of rotatable bonds is 4. The van der Waals surface area contributed by atoms with Crippen molar-refractivity contribution in [2.75, 3.05) is 0 Å². The van der Waals surface area contributed by atoms with Gasteiger partial charge in [0.2, 0.25) is 0 Å². The summed E-state index contributed by atoms with van der Waals surface area (Å²) < 4.78 is 0. The van der Waals surface area contributed by atoms with Crippen molar-refractivity contribution in [2.45, 2.75) is 18.8 Å². The Labute approximate surface area is 131 Å². The highest BCUT2D eigenvalue weighted by Crippen LogP contribution is 2.21. The van der Waals surface area contributed by atoms with Gasteiger partial charge in [0, 0.05) is 6.20 Å². The van der Waals surface area contributed by atoms with E-state index in [2.05, 4.69) is 10.3 Å². The molecule has 4 nitrogen and oxygen atoms in total. The maximum absolute atomic E-state index is 12.2. The van der Waals surface area contributed by atoms with Crippen LogP contribution < -0.4 is 5.32 Å². The Balaban J connectivity index is 2.08. The summed E-state index contributed by atoms with van der Waals surface area (Å²) in [5.41, 5.74) is 1.04. The molecule has 2 radical (unpaired) electrons. The number of nitriles is 1. The molecule has 0 spiro atoms. The van der Waals surface area contributed by atoms with Crippen LogP contribution in [0.2, 0.25) is 5.82 Å². The van der Waals surface area contributed by atoms with E-state index in [1.807, 2.05) is 43.3 Å². The van der Waals surface area contributed by atoms with Crippen molar-refractivity contribution in [3.05, 3.63) is 59.8 Å². The second-order valence-corrected chi connectivity index (χ2v) is 5.09. The third kappa shape index (κ3) is 3.95. The van der Waals surface area contributed by atoms with Gasteiger partial charge in [-0.25, -0.2) is 0 Å². The minimum atomic E-state index is -0.401. The summed E-state index contributed by atoms with van der Waals surface area (Å²) in [6.07, 6.45) is 6.57. The molecule has 0 saturated heterocycles. The van der Waals surface area contributed by atoms with E-state index in [0.29, 0.717) is 0 Å². The first kappa shape index (κ1) is 15.8. The van der Waals surface area contributed by atoms with Crippen LogP contribution in [0.5, 0.6) is 0 Å². The van der Waals surface area contributed by atoms with Crippen LogP contribution in [0.4, 0.5) is 0 Å². The largest absolute Gasteiger partial charge is 0.345 e. The molecule has 5 heteroatoms. The van der Waals surface area contributed by atoms with Gasteiger partial charge in [0.15, 0.2) is 0 Å². The lowest BCUT2D eigenvalue weighted by atomic mass is 9.76. The number of carbonyl (C=O) groups excluding carboxylic acids is 1. The van der Waals surface area contributed by atoms with Gasteiger partial charge in [-0.2, -0.15) is 5.26 Å². The Morgan fingerprint density at radius 2 is 2.18 bits per heavy atom. The Hall–Kier alpha value is -2.61. The number of benzene rings is 1. The van der Waals surface area contributed by atoms with Gasteiger partial charge in [0.05, 0.1) is 13.9 Å². The first-order chi connectivity index (χ1) is 10.6. The Morgan fingerprint density at radius 3 is 2.82 bits per heavy atom. The standard InChI is InChI=1S/C17H16BN3O/c1-12(13-5-3-2-4-6-13)21-17(22)15(10-19)9-14-7-8-20-11-16(14)18/h2-9,11-12,14,16H,1H3,(H,21,22)/b15-9+/t12-,14?,16?/m0/s1. The Morgan fingerprint density at radius 1 is 1.45 bits per heavy atom. The summed E-state index contributed by atoms with van der Waals surface area (Å²) in [7, 11) is 5.89. The maximum Gasteiger partial charge on any atom is 0.262 e. The number of carbonyl (C=O) groups is 1. The van der Waals surface area contributed by atoms with Crippen LogP contribution in [-0.2, 0) is 4.79 Å². The summed E-state index contributed by atoms with van der Waals surface area (Å²) in [5, 5.41) is 12.0. The number of nitrogens with zero attached hydrogens (tertiary/aromatic N) is 2. The zero-order chi connectivity index (χ0) is 15.9. The van der Waals surface area contributed by atoms with Gasteiger partial charge in [-0.05, 0) is 30.4 Å². The van der Waals surface area contributed by atoms with Gasteiger partial charge in [-0.3, -0.25) is 9.79 Å². The quantitative estimate of drug-likeness (QED) is 0.525. The van der Waals surface area contributed by atoms with E-state index in [1.165, 1.54) is 0 Å². The lowest BCUT2D eigenvalue weighted by Gasteiger charge is -2.17. The van der Waals surface area contributed by atoms with Crippen molar-refractivity contribution in [3.8, 4) is 6.07 Å². The summed E-state index contributed by atoms with van der Waals surface area (Å²) in [6, 6.07) is 11.3. The normalized spacial score (nSPS) is 21.9. The first-order valence-corrected chi connectivity index (χ1v) is 7.05. The predicted octanol–water partition coefficient (Wildman–Crippen LogP) is 2.49. The second-order valence-electron chi connectivity index (χ2n) is 5.09. The fourth-order valence-electron chi connectivity index (χ4n) is 2.15. The highest BCUT2D eigenvalue weighted by atomic mass is 16.1. The van der Waals surface area contributed by atoms with Crippen LogP contribution in [0.1, 0.15) is 18.5 Å². The molecule has 0 saturated carbocycles. The number of hydrogen-bond acceptors (Lipinski definition) is 3. The second kappa shape index (κ2) is 7.42. The smallest absolute Gasteiger partial charge is 0.262 e. The summed E-state index contributed by atoms with van der Waals surface area (Å²) in [5.74, 6) is -0.931. The molecule has 0 fully saturated rings. The fraction of sp³-hybridized carbons (Fsp3) is 0.235. The third-order valence-electron chi connectivity index (χ3n) is 3.47. The van der Waals surface area contributed by atoms with Crippen LogP contribution in [0.25, 0.3) is 0 Å². The zero-order valence-corrected chi connectivity index (χ0v) is 12.3. The molecular formula is C17H16BN3O. The van der Waals surface area contributed by atoms with Crippen LogP contribution in [0.15, 0.2) is 59.2 Å². The van der Waals surface area contributed by atoms with Crippen molar-refractivity contribution < 1.29 is 4.79 Å². The van der Waals surface area contributed by atoms with Crippen molar-refractivity contribution in [1.82, 2.24) is 5.32 Å². The number of nitrogens with one attached hydrogen (secondary N) is 1. The van der Waals surface area contributed by atoms with Crippen molar-refractivity contribution >= 4 is 20.0 Å². The lowest BCUT2D eigenvalue weighted by molar-refractivity contribution is -0.117. The zero-order valence-electron chi connectivity index (χ0n) is 12.3. The number of hydrogen-bond donors (Lipinski definition) is 1. The first-order valence-electron chi connectivity index (χ1n) is 7.05. The Bertz CT molecular complexity index is 658. The number of amides is 1. The summed E-state index contributed by atoms with van der Waals surface area (Å²) >= 11 is 0. The van der Waals surface area contributed by atoms with E-state index in [-0.39, 0.29) is 23.4 Å². The van der Waals surface area contributed by atoms with Crippen LogP contribution in [0, 0.1) is 17.2 Å². The molecule has 2 unspecified atom stereocenters. The average Bonchev–Trinajstić information content (AvgIpc) is 2.54. The number of aliphatic imine (C=N–C) groups is 1. The molecule has 1 aromatic carbocycles. The molecule has 1 amide bonds. The topological polar surface area (TPSA) is 65.2 Å². The molecule has 0 aromatic heterocycles. The van der Waals surface area contributed by atoms with Gasteiger partial charge in [0.1, 0.15) is 11.6 Å². The third-order valence-corrected chi connectivity index (χ3v) is 3.47. The van der Waals surface area contributed by atoms with E-state index in [0.717, 1.165) is 5.56 Å². The highest BCUT2D eigenvalue weighted by molar-refractivity contribution is 6.21. The molecular weight excluding hydrogens is 273 g/mol. The average molecular weight is 289 g/mol. The van der Waals surface area contributed by atoms with Crippen LogP contribution in [0.3, 0.4) is 0 Å². The van der Waals surface area contributed by atoms with Gasteiger partial charge in [-0.15, -0.1) is 0 Å². The Kier molecular flexibility index (Phi) is 5.32. The van der Waals surface area contributed by atoms with Gasteiger partial charge in [0.25, 0.3) is 5.91 Å². The minimum absolute atomic E-state index is 0.0585. The van der Waals surface area contributed by atoms with Crippen LogP contribution in [-0.4, -0.2) is 20.0 Å². The predicted molar refractivity (Wildman–Crippen MR) is 87.3 cm³/mol. The number of allylic oxidation sites excluding steroid dienone is 2. The van der Waals surface area contributed by atoms with Crippen molar-refractivity contribution in [1.29, 1.82) is 5.26 Å². The molecule has 1 aliphatic rings. The molecule has 1 aromatic rings. The SMILES string of the molecule is [B]C1C=NC=CC1/C=C(\C#N)C(=O)N[C@@H](C)c1ccccc1. The summed E-state index contributed by atoms with van der Waals surface area (Å²) in [6.45, 7) is 1.88. The van der Waals surface area contributed by atoms with Crippen molar-refractivity contribution in [3.63, 3.8) is 0 Å². The van der Waals surface area contributed by atoms with Crippen molar-refractivity contribution in [2.24, 2.45) is 10.9 Å². The molecule has 3 atom stereocenters. The van der Waals surface area contributed by atoms with E-state index < -0.39 is 5.91 Å².